The second kappa shape index (κ2) is 13.0. The minimum absolute atomic E-state index is 0.0832. The van der Waals surface area contributed by atoms with Crippen LogP contribution < -0.4 is 21.7 Å². The van der Waals surface area contributed by atoms with Gasteiger partial charge < -0.3 is 42.0 Å². The zero-order valence-electron chi connectivity index (χ0n) is 19.9. The Balaban J connectivity index is 2.30. The molecule has 0 aliphatic rings. The molecular weight excluding hydrogens is 490 g/mol. The number of hydrogen-bond acceptors (Lipinski definition) is 7. The first kappa shape index (κ1) is 28.8. The maximum Gasteiger partial charge on any atom is 0.325 e. The summed E-state index contributed by atoms with van der Waals surface area (Å²) in [5.41, 5.74) is 7.00. The van der Waals surface area contributed by atoms with E-state index < -0.39 is 72.6 Å². The second-order valence-corrected chi connectivity index (χ2v) is 8.39. The molecule has 0 fully saturated rings. The molecule has 14 nitrogen and oxygen atoms in total. The highest BCUT2D eigenvalue weighted by molar-refractivity contribution is 5.95. The van der Waals surface area contributed by atoms with Crippen molar-refractivity contribution in [2.75, 3.05) is 0 Å². The molecule has 0 saturated heterocycles. The molecule has 2 aromatic rings. The Kier molecular flexibility index (Phi) is 10.1. The van der Waals surface area contributed by atoms with Crippen molar-refractivity contribution in [3.05, 3.63) is 36.0 Å². The van der Waals surface area contributed by atoms with Crippen molar-refractivity contribution in [2.45, 2.75) is 56.8 Å². The third kappa shape index (κ3) is 8.61. The van der Waals surface area contributed by atoms with Crippen LogP contribution in [0.3, 0.4) is 0 Å². The summed E-state index contributed by atoms with van der Waals surface area (Å²) in [5.74, 6) is -6.64. The molecule has 14 heteroatoms. The standard InChI is InChI=1S/C23H29N5O9/c1-11(23(36)37)26-21(34)16(6-7-18(29)30)27-22(35)17(28-20(33)14(24)9-19(31)32)8-12-10-25-15-5-3-2-4-13(12)15/h2-5,10-11,14,16-17,25H,6-9,24H2,1H3,(H,26,34)(H,27,35)(H,28,33)(H,29,30)(H,31,32)(H,36,37)/t11-,14-,16-,17-/m0/s1. The van der Waals surface area contributed by atoms with Crippen LogP contribution in [0.25, 0.3) is 10.9 Å². The SMILES string of the molecule is C[C@H](NC(=O)[C@H](CCC(=O)O)NC(=O)[C@H](Cc1c[nH]c2ccccc12)NC(=O)[C@@H](N)CC(=O)O)C(=O)O. The number of aromatic nitrogens is 1. The van der Waals surface area contributed by atoms with Gasteiger partial charge in [-0.05, 0) is 25.0 Å². The molecule has 2 rings (SSSR count). The van der Waals surface area contributed by atoms with Gasteiger partial charge in [0.05, 0.1) is 12.5 Å². The smallest absolute Gasteiger partial charge is 0.325 e. The molecular formula is C23H29N5O9. The second-order valence-electron chi connectivity index (χ2n) is 8.39. The maximum absolute atomic E-state index is 13.2. The zero-order valence-corrected chi connectivity index (χ0v) is 19.9. The minimum Gasteiger partial charge on any atom is -0.481 e. The molecule has 0 aliphatic heterocycles. The zero-order chi connectivity index (χ0) is 27.7. The largest absolute Gasteiger partial charge is 0.481 e. The molecule has 4 atom stereocenters. The number of carboxylic acids is 3. The summed E-state index contributed by atoms with van der Waals surface area (Å²) in [6.07, 6.45) is -0.0180. The van der Waals surface area contributed by atoms with E-state index in [0.717, 1.165) is 10.9 Å². The highest BCUT2D eigenvalue weighted by Gasteiger charge is 2.30. The fourth-order valence-corrected chi connectivity index (χ4v) is 3.47. The van der Waals surface area contributed by atoms with E-state index in [4.69, 9.17) is 21.1 Å². The molecule has 9 N–H and O–H groups in total. The lowest BCUT2D eigenvalue weighted by Gasteiger charge is -2.24. The van der Waals surface area contributed by atoms with Gasteiger partial charge in [0.2, 0.25) is 17.7 Å². The van der Waals surface area contributed by atoms with Crippen molar-refractivity contribution in [1.82, 2.24) is 20.9 Å². The van der Waals surface area contributed by atoms with Crippen LogP contribution in [-0.4, -0.2) is 80.1 Å². The van der Waals surface area contributed by atoms with E-state index in [1.165, 1.54) is 6.92 Å². The molecule has 0 radical (unpaired) electrons. The Bertz CT molecular complexity index is 1180. The summed E-state index contributed by atoms with van der Waals surface area (Å²) < 4.78 is 0. The van der Waals surface area contributed by atoms with Gasteiger partial charge in [0.1, 0.15) is 18.1 Å². The van der Waals surface area contributed by atoms with E-state index in [1.807, 2.05) is 0 Å². The molecule has 200 valence electrons. The van der Waals surface area contributed by atoms with Gasteiger partial charge >= 0.3 is 17.9 Å². The Morgan fingerprint density at radius 3 is 2.14 bits per heavy atom. The molecule has 3 amide bonds. The number of carbonyl (C=O) groups is 6. The average molecular weight is 520 g/mol. The Labute approximate surface area is 210 Å². The van der Waals surface area contributed by atoms with E-state index >= 15 is 0 Å². The maximum atomic E-state index is 13.2. The number of hydrogen-bond donors (Lipinski definition) is 8. The van der Waals surface area contributed by atoms with Crippen molar-refractivity contribution >= 4 is 46.5 Å². The van der Waals surface area contributed by atoms with Crippen molar-refractivity contribution in [1.29, 1.82) is 0 Å². The van der Waals surface area contributed by atoms with E-state index in [0.29, 0.717) is 5.56 Å². The number of rotatable bonds is 14. The Morgan fingerprint density at radius 1 is 0.892 bits per heavy atom. The molecule has 0 aliphatic carbocycles. The minimum atomic E-state index is -1.46. The third-order valence-electron chi connectivity index (χ3n) is 5.47. The number of benzene rings is 1. The summed E-state index contributed by atoms with van der Waals surface area (Å²) in [6.45, 7) is 1.19. The lowest BCUT2D eigenvalue weighted by molar-refractivity contribution is -0.142. The van der Waals surface area contributed by atoms with Gasteiger partial charge in [0, 0.05) is 29.9 Å². The molecule has 0 saturated carbocycles. The topological polar surface area (TPSA) is 241 Å². The fourth-order valence-electron chi connectivity index (χ4n) is 3.47. The Hall–Kier alpha value is -4.46. The molecule has 0 bridgehead atoms. The van der Waals surface area contributed by atoms with Gasteiger partial charge in [-0.25, -0.2) is 0 Å². The van der Waals surface area contributed by atoms with Gasteiger partial charge in [-0.3, -0.25) is 28.8 Å². The van der Waals surface area contributed by atoms with Gasteiger partial charge in [-0.2, -0.15) is 0 Å². The van der Waals surface area contributed by atoms with Gasteiger partial charge in [0.25, 0.3) is 0 Å². The lowest BCUT2D eigenvalue weighted by Crippen LogP contribution is -2.57. The number of H-pyrrole nitrogens is 1. The summed E-state index contributed by atoms with van der Waals surface area (Å²) in [7, 11) is 0. The quantitative estimate of drug-likeness (QED) is 0.150. The molecule has 0 spiro atoms. The molecule has 1 heterocycles. The fraction of sp³-hybridized carbons (Fsp3) is 0.391. The normalized spacial score (nSPS) is 14.1. The van der Waals surface area contributed by atoms with Gasteiger partial charge in [-0.1, -0.05) is 18.2 Å². The first-order chi connectivity index (χ1) is 17.4. The number of carbonyl (C=O) groups excluding carboxylic acids is 3. The molecule has 1 aromatic heterocycles. The predicted octanol–water partition coefficient (Wildman–Crippen LogP) is -1.06. The number of fused-ring (bicyclic) bond motifs is 1. The highest BCUT2D eigenvalue weighted by atomic mass is 16.4. The summed E-state index contributed by atoms with van der Waals surface area (Å²) >= 11 is 0. The van der Waals surface area contributed by atoms with Crippen LogP contribution in [-0.2, 0) is 35.2 Å². The number of amides is 3. The van der Waals surface area contributed by atoms with E-state index in [-0.39, 0.29) is 12.8 Å². The van der Waals surface area contributed by atoms with E-state index in [2.05, 4.69) is 20.9 Å². The number of aliphatic carboxylic acids is 3. The molecule has 1 aromatic carbocycles. The first-order valence-electron chi connectivity index (χ1n) is 11.3. The van der Waals surface area contributed by atoms with E-state index in [9.17, 15) is 28.8 Å². The third-order valence-corrected chi connectivity index (χ3v) is 5.47. The molecule has 0 unspecified atom stereocenters. The van der Waals surface area contributed by atoms with Crippen LogP contribution in [0.5, 0.6) is 0 Å². The monoisotopic (exact) mass is 519 g/mol. The van der Waals surface area contributed by atoms with Gasteiger partial charge in [-0.15, -0.1) is 0 Å². The lowest BCUT2D eigenvalue weighted by atomic mass is 10.0. The Morgan fingerprint density at radius 2 is 1.51 bits per heavy atom. The van der Waals surface area contributed by atoms with E-state index in [1.54, 1.807) is 30.5 Å². The summed E-state index contributed by atoms with van der Waals surface area (Å²) in [4.78, 5) is 74.5. The van der Waals surface area contributed by atoms with Gasteiger partial charge in [0.15, 0.2) is 0 Å². The van der Waals surface area contributed by atoms with Crippen molar-refractivity contribution in [3.63, 3.8) is 0 Å². The molecule has 37 heavy (non-hydrogen) atoms. The van der Waals surface area contributed by atoms with Crippen LogP contribution in [0.2, 0.25) is 0 Å². The van der Waals surface area contributed by atoms with Crippen LogP contribution in [0.4, 0.5) is 0 Å². The van der Waals surface area contributed by atoms with Crippen LogP contribution in [0, 0.1) is 0 Å². The van der Waals surface area contributed by atoms with Crippen molar-refractivity contribution in [2.24, 2.45) is 5.73 Å². The van der Waals surface area contributed by atoms with Crippen molar-refractivity contribution in [3.8, 4) is 0 Å². The first-order valence-corrected chi connectivity index (χ1v) is 11.3. The summed E-state index contributed by atoms with van der Waals surface area (Å²) in [5, 5.41) is 34.7. The highest BCUT2D eigenvalue weighted by Crippen LogP contribution is 2.19. The number of aromatic amines is 1. The summed E-state index contributed by atoms with van der Waals surface area (Å²) in [6, 6.07) is 1.61. The number of nitrogens with two attached hydrogens (primary N) is 1. The number of para-hydroxylation sites is 1. The van der Waals surface area contributed by atoms with Crippen LogP contribution in [0.15, 0.2) is 30.5 Å². The van der Waals surface area contributed by atoms with Crippen LogP contribution in [0.1, 0.15) is 31.7 Å². The predicted molar refractivity (Wildman–Crippen MR) is 128 cm³/mol. The van der Waals surface area contributed by atoms with Crippen molar-refractivity contribution < 1.29 is 44.1 Å². The van der Waals surface area contributed by atoms with Crippen LogP contribution >= 0.6 is 0 Å². The average Bonchev–Trinajstić information content (AvgIpc) is 3.23. The number of nitrogens with one attached hydrogen (secondary N) is 4. The number of carboxylic acid groups (broad SMARTS) is 3.